The van der Waals surface area contributed by atoms with Crippen LogP contribution in [0.1, 0.15) is 69.2 Å². The van der Waals surface area contributed by atoms with Crippen LogP contribution in [-0.2, 0) is 12.8 Å². The molecule has 2 aromatic rings. The molecule has 0 aliphatic heterocycles. The van der Waals surface area contributed by atoms with Gasteiger partial charge in [-0.05, 0) is 41.0 Å². The lowest BCUT2D eigenvalue weighted by atomic mass is 9.98. The van der Waals surface area contributed by atoms with E-state index in [0.29, 0.717) is 5.92 Å². The molecular weight excluding hydrogens is 252 g/mol. The molecule has 0 heterocycles. The molecule has 0 aromatic heterocycles. The lowest BCUT2D eigenvalue weighted by Crippen LogP contribution is -1.92. The van der Waals surface area contributed by atoms with Crippen LogP contribution in [0.4, 0.5) is 0 Å². The van der Waals surface area contributed by atoms with Crippen LogP contribution in [0.15, 0.2) is 48.5 Å². The van der Waals surface area contributed by atoms with Crippen LogP contribution >= 0.6 is 0 Å². The highest BCUT2D eigenvalue weighted by Crippen LogP contribution is 2.17. The lowest BCUT2D eigenvalue weighted by molar-refractivity contribution is 0.865. The third kappa shape index (κ3) is 6.16. The van der Waals surface area contributed by atoms with E-state index >= 15 is 0 Å². The maximum atomic E-state index is 2.32. The van der Waals surface area contributed by atoms with Crippen molar-refractivity contribution in [2.24, 2.45) is 0 Å². The Morgan fingerprint density at radius 3 is 1.86 bits per heavy atom. The van der Waals surface area contributed by atoms with Crippen molar-refractivity contribution in [2.45, 2.75) is 59.8 Å². The molecule has 2 aromatic carbocycles. The zero-order valence-electron chi connectivity index (χ0n) is 14.3. The van der Waals surface area contributed by atoms with Gasteiger partial charge < -0.3 is 0 Å². The van der Waals surface area contributed by atoms with Gasteiger partial charge in [-0.15, -0.1) is 0 Å². The summed E-state index contributed by atoms with van der Waals surface area (Å²) in [4.78, 5) is 0. The largest absolute Gasteiger partial charge is 0.0656 e. The molecule has 0 nitrogen and oxygen atoms in total. The Morgan fingerprint density at radius 1 is 0.762 bits per heavy atom. The standard InChI is InChI=1S/C18H22.C3H8/c1-4-15-6-5-7-17(12-15)13-16-8-10-18(11-9-16)14(2)3;1-3-2/h5-12,14H,4,13H2,1-3H3;3H2,1-2H3. The molecule has 0 saturated heterocycles. The van der Waals surface area contributed by atoms with Crippen molar-refractivity contribution in [1.82, 2.24) is 0 Å². The Morgan fingerprint density at radius 2 is 1.33 bits per heavy atom. The summed E-state index contributed by atoms with van der Waals surface area (Å²) in [6, 6.07) is 17.9. The van der Waals surface area contributed by atoms with Gasteiger partial charge in [0.05, 0.1) is 0 Å². The van der Waals surface area contributed by atoms with Crippen molar-refractivity contribution in [2.75, 3.05) is 0 Å². The Bertz CT molecular complexity index is 506. The number of hydrogen-bond donors (Lipinski definition) is 0. The van der Waals surface area contributed by atoms with Crippen molar-refractivity contribution >= 4 is 0 Å². The monoisotopic (exact) mass is 282 g/mol. The van der Waals surface area contributed by atoms with Crippen LogP contribution in [-0.4, -0.2) is 0 Å². The molecule has 0 atom stereocenters. The molecule has 0 bridgehead atoms. The molecule has 0 saturated carbocycles. The van der Waals surface area contributed by atoms with E-state index < -0.39 is 0 Å². The van der Waals surface area contributed by atoms with Gasteiger partial charge in [0.15, 0.2) is 0 Å². The van der Waals surface area contributed by atoms with Gasteiger partial charge in [-0.3, -0.25) is 0 Å². The summed E-state index contributed by atoms with van der Waals surface area (Å²) in [5, 5.41) is 0. The van der Waals surface area contributed by atoms with Gasteiger partial charge in [-0.2, -0.15) is 0 Å². The molecule has 114 valence electrons. The van der Waals surface area contributed by atoms with Gasteiger partial charge in [0, 0.05) is 0 Å². The molecule has 0 spiro atoms. The van der Waals surface area contributed by atoms with Gasteiger partial charge in [0.1, 0.15) is 0 Å². The second-order valence-corrected chi connectivity index (χ2v) is 5.95. The zero-order valence-corrected chi connectivity index (χ0v) is 14.3. The van der Waals surface area contributed by atoms with Crippen LogP contribution in [0.2, 0.25) is 0 Å². The van der Waals surface area contributed by atoms with E-state index in [9.17, 15) is 0 Å². The number of hydrogen-bond acceptors (Lipinski definition) is 0. The maximum absolute atomic E-state index is 2.32. The SMILES string of the molecule is CCC.CCc1cccc(Cc2ccc(C(C)C)cc2)c1. The first-order chi connectivity index (χ1) is 10.1. The molecule has 2 rings (SSSR count). The van der Waals surface area contributed by atoms with Gasteiger partial charge in [0.2, 0.25) is 0 Å². The maximum Gasteiger partial charge on any atom is -0.00257 e. The fraction of sp³-hybridized carbons (Fsp3) is 0.429. The molecular formula is C21H30. The quantitative estimate of drug-likeness (QED) is 0.610. The van der Waals surface area contributed by atoms with Crippen molar-refractivity contribution in [3.8, 4) is 0 Å². The molecule has 0 aliphatic carbocycles. The Balaban J connectivity index is 0.000000677. The molecule has 0 radical (unpaired) electrons. The molecule has 0 fully saturated rings. The van der Waals surface area contributed by atoms with Gasteiger partial charge in [0.25, 0.3) is 0 Å². The number of aryl methyl sites for hydroxylation is 1. The molecule has 0 aliphatic rings. The van der Waals surface area contributed by atoms with Crippen molar-refractivity contribution in [3.63, 3.8) is 0 Å². The van der Waals surface area contributed by atoms with E-state index in [4.69, 9.17) is 0 Å². The second kappa shape index (κ2) is 9.39. The average molecular weight is 282 g/mol. The number of rotatable bonds is 4. The van der Waals surface area contributed by atoms with E-state index in [1.54, 1.807) is 0 Å². The fourth-order valence-electron chi connectivity index (χ4n) is 2.22. The van der Waals surface area contributed by atoms with E-state index in [-0.39, 0.29) is 0 Å². The summed E-state index contributed by atoms with van der Waals surface area (Å²) in [5.74, 6) is 0.613. The van der Waals surface area contributed by atoms with E-state index in [0.717, 1.165) is 12.8 Å². The van der Waals surface area contributed by atoms with Gasteiger partial charge >= 0.3 is 0 Å². The predicted molar refractivity (Wildman–Crippen MR) is 95.1 cm³/mol. The van der Waals surface area contributed by atoms with Crippen molar-refractivity contribution < 1.29 is 0 Å². The molecule has 21 heavy (non-hydrogen) atoms. The smallest absolute Gasteiger partial charge is 0.00257 e. The molecule has 0 N–H and O–H groups in total. The third-order valence-electron chi connectivity index (χ3n) is 3.45. The normalized spacial score (nSPS) is 10.2. The number of benzene rings is 2. The first kappa shape index (κ1) is 17.5. The first-order valence-electron chi connectivity index (χ1n) is 8.27. The molecule has 0 heteroatoms. The zero-order chi connectivity index (χ0) is 15.7. The van der Waals surface area contributed by atoms with Crippen LogP contribution < -0.4 is 0 Å². The van der Waals surface area contributed by atoms with Crippen LogP contribution in [0.3, 0.4) is 0 Å². The molecule has 0 unspecified atom stereocenters. The summed E-state index contributed by atoms with van der Waals surface area (Å²) in [7, 11) is 0. The summed E-state index contributed by atoms with van der Waals surface area (Å²) in [5.41, 5.74) is 5.65. The average Bonchev–Trinajstić information content (AvgIpc) is 2.49. The highest BCUT2D eigenvalue weighted by atomic mass is 14.1. The summed E-state index contributed by atoms with van der Waals surface area (Å²) in [6.07, 6.45) is 3.40. The van der Waals surface area contributed by atoms with E-state index in [2.05, 4.69) is 83.1 Å². The second-order valence-electron chi connectivity index (χ2n) is 5.95. The van der Waals surface area contributed by atoms with Crippen LogP contribution in [0.25, 0.3) is 0 Å². The minimum atomic E-state index is 0.613. The van der Waals surface area contributed by atoms with Gasteiger partial charge in [-0.1, -0.05) is 89.6 Å². The Kier molecular flexibility index (Phi) is 7.82. The topological polar surface area (TPSA) is 0 Å². The fourth-order valence-corrected chi connectivity index (χ4v) is 2.22. The van der Waals surface area contributed by atoms with E-state index in [1.165, 1.54) is 28.7 Å². The summed E-state index contributed by atoms with van der Waals surface area (Å²) in [6.45, 7) is 10.9. The highest BCUT2D eigenvalue weighted by molar-refractivity contribution is 5.31. The lowest BCUT2D eigenvalue weighted by Gasteiger charge is -2.08. The van der Waals surface area contributed by atoms with Crippen molar-refractivity contribution in [3.05, 3.63) is 70.8 Å². The summed E-state index contributed by atoms with van der Waals surface area (Å²) >= 11 is 0. The Labute approximate surface area is 131 Å². The summed E-state index contributed by atoms with van der Waals surface area (Å²) < 4.78 is 0. The third-order valence-corrected chi connectivity index (χ3v) is 3.45. The highest BCUT2D eigenvalue weighted by Gasteiger charge is 2.00. The minimum absolute atomic E-state index is 0.613. The van der Waals surface area contributed by atoms with Gasteiger partial charge in [-0.25, -0.2) is 0 Å². The predicted octanol–water partition coefficient (Wildman–Crippen LogP) is 6.38. The van der Waals surface area contributed by atoms with E-state index in [1.807, 2.05) is 0 Å². The van der Waals surface area contributed by atoms with Crippen LogP contribution in [0, 0.1) is 0 Å². The van der Waals surface area contributed by atoms with Crippen molar-refractivity contribution in [1.29, 1.82) is 0 Å². The Hall–Kier alpha value is -1.56. The minimum Gasteiger partial charge on any atom is -0.0656 e. The molecule has 0 amide bonds. The first-order valence-corrected chi connectivity index (χ1v) is 8.27. The van der Waals surface area contributed by atoms with Crippen LogP contribution in [0.5, 0.6) is 0 Å².